The summed E-state index contributed by atoms with van der Waals surface area (Å²) in [5.41, 5.74) is 5.60. The zero-order valence-electron chi connectivity index (χ0n) is 22.4. The van der Waals surface area contributed by atoms with Crippen molar-refractivity contribution in [3.63, 3.8) is 0 Å². The van der Waals surface area contributed by atoms with Gasteiger partial charge in [0.15, 0.2) is 5.82 Å². The molecule has 200 valence electrons. The molecule has 0 bridgehead atoms. The number of carbonyl (C=O) groups excluding carboxylic acids is 2. The number of nitrogens with one attached hydrogen (secondary N) is 1. The highest BCUT2D eigenvalue weighted by atomic mass is 32.1. The third-order valence-electron chi connectivity index (χ3n) is 6.70. The number of esters is 1. The normalized spacial score (nSPS) is 14.1. The Morgan fingerprint density at radius 1 is 1.15 bits per heavy atom. The lowest BCUT2D eigenvalue weighted by molar-refractivity contribution is -0.141. The number of hydrogen-bond donors (Lipinski definition) is 1. The van der Waals surface area contributed by atoms with E-state index in [0.717, 1.165) is 43.7 Å². The number of hydrogen-bond acceptors (Lipinski definition) is 8. The minimum atomic E-state index is -0.564. The maximum atomic E-state index is 12.4. The van der Waals surface area contributed by atoms with Crippen molar-refractivity contribution in [3.05, 3.63) is 99.0 Å². The number of aromatic nitrogens is 3. The van der Waals surface area contributed by atoms with E-state index < -0.39 is 6.04 Å². The minimum absolute atomic E-state index is 0.0400. The molecular weight excluding hydrogens is 524 g/mol. The molecule has 0 spiro atoms. The second-order valence-corrected chi connectivity index (χ2v) is 10.5. The number of nitriles is 1. The zero-order valence-corrected chi connectivity index (χ0v) is 23.2. The van der Waals surface area contributed by atoms with Gasteiger partial charge in [-0.2, -0.15) is 5.26 Å². The van der Waals surface area contributed by atoms with E-state index in [1.807, 2.05) is 35.8 Å². The fourth-order valence-corrected chi connectivity index (χ4v) is 5.75. The van der Waals surface area contributed by atoms with E-state index in [-0.39, 0.29) is 18.3 Å². The van der Waals surface area contributed by atoms with Crippen LogP contribution in [0.3, 0.4) is 0 Å². The summed E-state index contributed by atoms with van der Waals surface area (Å²) in [4.78, 5) is 31.0. The van der Waals surface area contributed by atoms with Crippen LogP contribution in [-0.4, -0.2) is 39.5 Å². The average Bonchev–Trinajstić information content (AvgIpc) is 3.44. The van der Waals surface area contributed by atoms with E-state index in [0.29, 0.717) is 17.1 Å². The molecule has 1 amide bonds. The van der Waals surface area contributed by atoms with E-state index >= 15 is 0 Å². The van der Waals surface area contributed by atoms with Crippen molar-refractivity contribution in [2.45, 2.75) is 33.2 Å². The molecule has 5 rings (SSSR count). The highest BCUT2D eigenvalue weighted by Gasteiger charge is 2.32. The molecule has 9 nitrogen and oxygen atoms in total. The quantitative estimate of drug-likeness (QED) is 0.259. The summed E-state index contributed by atoms with van der Waals surface area (Å²) in [6.45, 7) is 6.04. The van der Waals surface area contributed by atoms with Gasteiger partial charge in [-0.25, -0.2) is 0 Å². The van der Waals surface area contributed by atoms with Crippen LogP contribution in [0.15, 0.2) is 59.6 Å². The molecule has 0 unspecified atom stereocenters. The van der Waals surface area contributed by atoms with E-state index in [9.17, 15) is 9.59 Å². The van der Waals surface area contributed by atoms with Crippen molar-refractivity contribution in [2.24, 2.45) is 4.99 Å². The summed E-state index contributed by atoms with van der Waals surface area (Å²) in [5, 5.41) is 21.5. The van der Waals surface area contributed by atoms with Crippen LogP contribution in [0.25, 0.3) is 11.1 Å². The Labute approximate surface area is 235 Å². The smallest absolute Gasteiger partial charge is 0.308 e. The van der Waals surface area contributed by atoms with Gasteiger partial charge in [-0.05, 0) is 56.2 Å². The number of amides is 1. The Morgan fingerprint density at radius 3 is 2.65 bits per heavy atom. The fraction of sp³-hybridized carbons (Fsp3) is 0.200. The van der Waals surface area contributed by atoms with Crippen molar-refractivity contribution >= 4 is 40.7 Å². The number of nitrogens with zero attached hydrogens (tertiary/aromatic N) is 5. The number of rotatable bonds is 6. The molecule has 2 aromatic heterocycles. The summed E-state index contributed by atoms with van der Waals surface area (Å²) >= 11 is 1.65. The Morgan fingerprint density at radius 2 is 1.93 bits per heavy atom. The van der Waals surface area contributed by atoms with E-state index in [4.69, 9.17) is 15.0 Å². The number of methoxy groups -OCH3 is 1. The van der Waals surface area contributed by atoms with Crippen molar-refractivity contribution in [2.75, 3.05) is 12.4 Å². The molecule has 0 aliphatic carbocycles. The van der Waals surface area contributed by atoms with Gasteiger partial charge in [0, 0.05) is 27.8 Å². The minimum Gasteiger partial charge on any atom is -0.469 e. The number of aryl methyl sites for hydroxylation is 2. The van der Waals surface area contributed by atoms with Gasteiger partial charge in [-0.15, -0.1) is 21.5 Å². The maximum absolute atomic E-state index is 12.4. The molecular formula is C30H26N6O3S. The van der Waals surface area contributed by atoms with Gasteiger partial charge in [0.05, 0.1) is 30.9 Å². The summed E-state index contributed by atoms with van der Waals surface area (Å²) in [6, 6.07) is 16.0. The second-order valence-electron chi connectivity index (χ2n) is 9.32. The van der Waals surface area contributed by atoms with Crippen LogP contribution in [0.1, 0.15) is 56.8 Å². The Balaban J connectivity index is 1.47. The van der Waals surface area contributed by atoms with Gasteiger partial charge >= 0.3 is 5.97 Å². The SMILES string of the molecule is COC(=O)C[C@@H]1N=C(c2ccc(C=CC(=O)Nc3cccc(C#N)c3)cc2)c2c(sc(C)c2C)-n2c(C)nnc21. The molecule has 1 aliphatic rings. The Kier molecular flexibility index (Phi) is 7.40. The number of thiophene rings is 1. The molecule has 1 atom stereocenters. The number of fused-ring (bicyclic) bond motifs is 3. The molecule has 10 heteroatoms. The van der Waals surface area contributed by atoms with Crippen molar-refractivity contribution < 1.29 is 14.3 Å². The Bertz CT molecular complexity index is 1720. The van der Waals surface area contributed by atoms with Gasteiger partial charge in [0.25, 0.3) is 0 Å². The zero-order chi connectivity index (χ0) is 28.4. The second kappa shape index (κ2) is 11.1. The first-order valence-corrected chi connectivity index (χ1v) is 13.4. The first-order valence-electron chi connectivity index (χ1n) is 12.6. The van der Waals surface area contributed by atoms with Gasteiger partial charge in [-0.1, -0.05) is 30.3 Å². The van der Waals surface area contributed by atoms with Crippen molar-refractivity contribution in [3.8, 4) is 11.1 Å². The highest BCUT2D eigenvalue weighted by molar-refractivity contribution is 7.15. The maximum Gasteiger partial charge on any atom is 0.308 e. The molecule has 1 aliphatic heterocycles. The summed E-state index contributed by atoms with van der Waals surface area (Å²) in [6.07, 6.45) is 3.21. The molecule has 0 saturated heterocycles. The lowest BCUT2D eigenvalue weighted by Gasteiger charge is -2.12. The topological polar surface area (TPSA) is 122 Å². The van der Waals surface area contributed by atoms with Crippen LogP contribution < -0.4 is 5.32 Å². The number of benzene rings is 2. The number of ether oxygens (including phenoxy) is 1. The molecule has 40 heavy (non-hydrogen) atoms. The van der Waals surface area contributed by atoms with Crippen LogP contribution in [-0.2, 0) is 14.3 Å². The molecule has 0 fully saturated rings. The lowest BCUT2D eigenvalue weighted by atomic mass is 9.98. The average molecular weight is 551 g/mol. The Hall–Kier alpha value is -4.88. The highest BCUT2D eigenvalue weighted by Crippen LogP contribution is 2.39. The van der Waals surface area contributed by atoms with Crippen LogP contribution in [0, 0.1) is 32.1 Å². The van der Waals surface area contributed by atoms with Crippen LogP contribution in [0.5, 0.6) is 0 Å². The van der Waals surface area contributed by atoms with E-state index in [1.165, 1.54) is 13.2 Å². The number of carbonyl (C=O) groups is 2. The molecule has 3 heterocycles. The van der Waals surface area contributed by atoms with Gasteiger partial charge in [0.2, 0.25) is 5.91 Å². The standard InChI is InChI=1S/C30H26N6O3S/c1-17-18(2)40-30-27(17)28(33-24(15-26(38)39-4)29-35-34-19(3)36(29)30)22-11-8-20(9-12-22)10-13-25(37)32-23-7-5-6-21(14-23)16-31/h5-14,24H,15H2,1-4H3,(H,32,37)/t24-/m0/s1. The third kappa shape index (κ3) is 5.19. The summed E-state index contributed by atoms with van der Waals surface area (Å²) in [7, 11) is 1.36. The monoisotopic (exact) mass is 550 g/mol. The number of aliphatic imine (C=N–C) groups is 1. The first kappa shape index (κ1) is 26.7. The van der Waals surface area contributed by atoms with E-state index in [1.54, 1.807) is 41.7 Å². The molecule has 4 aromatic rings. The molecule has 0 saturated carbocycles. The predicted molar refractivity (Wildman–Crippen MR) is 154 cm³/mol. The predicted octanol–water partition coefficient (Wildman–Crippen LogP) is 5.23. The number of anilines is 1. The fourth-order valence-electron chi connectivity index (χ4n) is 4.54. The van der Waals surface area contributed by atoms with Gasteiger partial charge < -0.3 is 10.1 Å². The molecule has 2 aromatic carbocycles. The largest absolute Gasteiger partial charge is 0.469 e. The van der Waals surface area contributed by atoms with Crippen molar-refractivity contribution in [1.29, 1.82) is 5.26 Å². The lowest BCUT2D eigenvalue weighted by Crippen LogP contribution is -2.12. The third-order valence-corrected chi connectivity index (χ3v) is 7.89. The molecule has 1 N–H and O–H groups in total. The summed E-state index contributed by atoms with van der Waals surface area (Å²) in [5.74, 6) is 0.648. The van der Waals surface area contributed by atoms with Gasteiger partial charge in [0.1, 0.15) is 16.9 Å². The van der Waals surface area contributed by atoms with Crippen LogP contribution in [0.4, 0.5) is 5.69 Å². The summed E-state index contributed by atoms with van der Waals surface area (Å²) < 4.78 is 6.94. The van der Waals surface area contributed by atoms with Crippen LogP contribution >= 0.6 is 11.3 Å². The van der Waals surface area contributed by atoms with Crippen molar-refractivity contribution in [1.82, 2.24) is 14.8 Å². The van der Waals surface area contributed by atoms with Gasteiger partial charge in [-0.3, -0.25) is 19.1 Å². The van der Waals surface area contributed by atoms with E-state index in [2.05, 4.69) is 35.4 Å². The van der Waals surface area contributed by atoms with Crippen LogP contribution in [0.2, 0.25) is 0 Å². The molecule has 0 radical (unpaired) electrons. The first-order chi connectivity index (χ1) is 19.3.